The highest BCUT2D eigenvalue weighted by Crippen LogP contribution is 2.47. The van der Waals surface area contributed by atoms with Gasteiger partial charge in [0.2, 0.25) is 5.91 Å². The molecule has 0 bridgehead atoms. The largest absolute Gasteiger partial charge is 0.316 e. The lowest BCUT2D eigenvalue weighted by Gasteiger charge is -2.36. The maximum absolute atomic E-state index is 12.8. The molecule has 1 unspecified atom stereocenters. The second kappa shape index (κ2) is 8.49. The van der Waals surface area contributed by atoms with Crippen molar-refractivity contribution in [2.45, 2.75) is 89.3 Å². The molecule has 32 heavy (non-hydrogen) atoms. The Morgan fingerprint density at radius 1 is 1.28 bits per heavy atom. The Morgan fingerprint density at radius 2 is 2.06 bits per heavy atom. The molecule has 0 saturated heterocycles. The molecule has 0 aliphatic heterocycles. The van der Waals surface area contributed by atoms with Gasteiger partial charge in [0.25, 0.3) is 0 Å². The Balaban J connectivity index is 1.26. The first-order valence-electron chi connectivity index (χ1n) is 11.8. The zero-order chi connectivity index (χ0) is 22.5. The topological polar surface area (TPSA) is 83.6 Å². The van der Waals surface area contributed by atoms with Crippen LogP contribution >= 0.6 is 23.1 Å². The van der Waals surface area contributed by atoms with E-state index in [1.165, 1.54) is 42.3 Å². The van der Waals surface area contributed by atoms with Crippen LogP contribution in [0.5, 0.6) is 0 Å². The fourth-order valence-electron chi connectivity index (χ4n) is 4.72. The second-order valence-electron chi connectivity index (χ2n) is 10.2. The SMILES string of the molecule is CCC(C)(C)C1CCc2c(sc(NC(=O)CSc3nnc(C4CC4)n3C3CC3)c2C#N)C1. The van der Waals surface area contributed by atoms with E-state index in [-0.39, 0.29) is 11.7 Å². The molecule has 1 amide bonds. The van der Waals surface area contributed by atoms with Crippen LogP contribution in [-0.2, 0) is 17.6 Å². The number of nitriles is 1. The Labute approximate surface area is 198 Å². The van der Waals surface area contributed by atoms with Crippen LogP contribution in [0.1, 0.15) is 93.1 Å². The quantitative estimate of drug-likeness (QED) is 0.502. The molecule has 1 N–H and O–H groups in total. The van der Waals surface area contributed by atoms with Crippen molar-refractivity contribution in [1.82, 2.24) is 14.8 Å². The number of hydrogen-bond donors (Lipinski definition) is 1. The minimum Gasteiger partial charge on any atom is -0.316 e. The molecule has 8 heteroatoms. The van der Waals surface area contributed by atoms with E-state index in [4.69, 9.17) is 0 Å². The zero-order valence-electron chi connectivity index (χ0n) is 19.1. The third-order valence-electron chi connectivity index (χ3n) is 7.52. The summed E-state index contributed by atoms with van der Waals surface area (Å²) in [6.07, 6.45) is 8.97. The minimum absolute atomic E-state index is 0.0751. The van der Waals surface area contributed by atoms with E-state index in [9.17, 15) is 10.1 Å². The van der Waals surface area contributed by atoms with Crippen molar-refractivity contribution >= 4 is 34.0 Å². The van der Waals surface area contributed by atoms with Gasteiger partial charge in [-0.1, -0.05) is 39.0 Å². The molecule has 3 aliphatic rings. The summed E-state index contributed by atoms with van der Waals surface area (Å²) in [6, 6.07) is 2.88. The molecule has 6 nitrogen and oxygen atoms in total. The second-order valence-corrected chi connectivity index (χ2v) is 12.2. The van der Waals surface area contributed by atoms with Crippen LogP contribution < -0.4 is 5.32 Å². The number of thioether (sulfide) groups is 1. The van der Waals surface area contributed by atoms with Gasteiger partial charge in [-0.2, -0.15) is 5.26 Å². The van der Waals surface area contributed by atoms with Gasteiger partial charge in [-0.3, -0.25) is 4.79 Å². The molecule has 170 valence electrons. The van der Waals surface area contributed by atoms with E-state index in [1.54, 1.807) is 11.3 Å². The number of fused-ring (bicyclic) bond motifs is 1. The van der Waals surface area contributed by atoms with E-state index < -0.39 is 0 Å². The van der Waals surface area contributed by atoms with Crippen molar-refractivity contribution in [2.75, 3.05) is 11.1 Å². The smallest absolute Gasteiger partial charge is 0.235 e. The van der Waals surface area contributed by atoms with Crippen molar-refractivity contribution in [3.8, 4) is 6.07 Å². The highest BCUT2D eigenvalue weighted by atomic mass is 32.2. The first-order chi connectivity index (χ1) is 15.4. The van der Waals surface area contributed by atoms with Gasteiger partial charge in [0, 0.05) is 16.8 Å². The standard InChI is InChI=1S/C24H31N5OS2/c1-4-24(2,3)15-7-10-17-18(12-25)22(32-19(17)11-15)26-20(30)13-31-23-28-27-21(14-5-6-14)29(23)16-8-9-16/h14-16H,4-11,13H2,1-3H3,(H,26,30). The van der Waals surface area contributed by atoms with Gasteiger partial charge in [-0.05, 0) is 61.8 Å². The van der Waals surface area contributed by atoms with Crippen molar-refractivity contribution < 1.29 is 4.79 Å². The van der Waals surface area contributed by atoms with E-state index in [0.29, 0.717) is 28.9 Å². The molecule has 2 aromatic heterocycles. The number of aromatic nitrogens is 3. The van der Waals surface area contributed by atoms with Crippen LogP contribution in [-0.4, -0.2) is 26.4 Å². The number of nitrogens with zero attached hydrogens (tertiary/aromatic N) is 4. The fraction of sp³-hybridized carbons (Fsp3) is 0.667. The first kappa shape index (κ1) is 22.0. The van der Waals surface area contributed by atoms with Gasteiger partial charge >= 0.3 is 0 Å². The molecular formula is C24H31N5OS2. The predicted octanol–water partition coefficient (Wildman–Crippen LogP) is 5.70. The number of thiophene rings is 1. The van der Waals surface area contributed by atoms with E-state index >= 15 is 0 Å². The summed E-state index contributed by atoms with van der Waals surface area (Å²) in [5.74, 6) is 2.50. The Morgan fingerprint density at radius 3 is 2.72 bits per heavy atom. The number of rotatable bonds is 8. The highest BCUT2D eigenvalue weighted by Gasteiger charge is 2.37. The van der Waals surface area contributed by atoms with Gasteiger partial charge < -0.3 is 9.88 Å². The lowest BCUT2D eigenvalue weighted by atomic mass is 9.69. The van der Waals surface area contributed by atoms with Crippen LogP contribution in [0.2, 0.25) is 0 Å². The molecule has 2 saturated carbocycles. The molecule has 1 atom stereocenters. The maximum Gasteiger partial charge on any atom is 0.235 e. The number of hydrogen-bond acceptors (Lipinski definition) is 6. The molecule has 0 aromatic carbocycles. The van der Waals surface area contributed by atoms with Crippen LogP contribution in [0, 0.1) is 22.7 Å². The number of amides is 1. The number of nitrogens with one attached hydrogen (secondary N) is 1. The Hall–Kier alpha value is -1.85. The summed E-state index contributed by atoms with van der Waals surface area (Å²) in [7, 11) is 0. The van der Waals surface area contributed by atoms with E-state index in [2.05, 4.69) is 46.9 Å². The van der Waals surface area contributed by atoms with Gasteiger partial charge in [-0.15, -0.1) is 21.5 Å². The average Bonchev–Trinajstić information content (AvgIpc) is 3.72. The zero-order valence-corrected chi connectivity index (χ0v) is 20.7. The summed E-state index contributed by atoms with van der Waals surface area (Å²) >= 11 is 3.07. The summed E-state index contributed by atoms with van der Waals surface area (Å²) < 4.78 is 2.27. The van der Waals surface area contributed by atoms with Crippen molar-refractivity contribution in [3.63, 3.8) is 0 Å². The van der Waals surface area contributed by atoms with Crippen molar-refractivity contribution in [3.05, 3.63) is 21.8 Å². The van der Waals surface area contributed by atoms with Crippen molar-refractivity contribution in [2.24, 2.45) is 11.3 Å². The lowest BCUT2D eigenvalue weighted by Crippen LogP contribution is -2.28. The number of carbonyl (C=O) groups excluding carboxylic acids is 1. The summed E-state index contributed by atoms with van der Waals surface area (Å²) in [4.78, 5) is 14.1. The normalized spacial score (nSPS) is 20.6. The summed E-state index contributed by atoms with van der Waals surface area (Å²) in [5, 5.41) is 23.2. The molecule has 2 aromatic rings. The maximum atomic E-state index is 12.8. The third kappa shape index (κ3) is 4.22. The number of anilines is 1. The van der Waals surface area contributed by atoms with Crippen molar-refractivity contribution in [1.29, 1.82) is 5.26 Å². The monoisotopic (exact) mass is 469 g/mol. The fourth-order valence-corrected chi connectivity index (χ4v) is 6.83. The predicted molar refractivity (Wildman–Crippen MR) is 128 cm³/mol. The molecule has 2 heterocycles. The molecule has 0 radical (unpaired) electrons. The van der Waals surface area contributed by atoms with Crippen LogP contribution in [0.15, 0.2) is 5.16 Å². The van der Waals surface area contributed by atoms with E-state index in [1.807, 2.05) is 0 Å². The highest BCUT2D eigenvalue weighted by molar-refractivity contribution is 7.99. The van der Waals surface area contributed by atoms with Gasteiger partial charge in [0.1, 0.15) is 16.9 Å². The third-order valence-corrected chi connectivity index (χ3v) is 9.64. The molecule has 0 spiro atoms. The lowest BCUT2D eigenvalue weighted by molar-refractivity contribution is -0.113. The molecule has 2 fully saturated rings. The summed E-state index contributed by atoms with van der Waals surface area (Å²) in [5.41, 5.74) is 2.13. The summed E-state index contributed by atoms with van der Waals surface area (Å²) in [6.45, 7) is 6.94. The first-order valence-corrected chi connectivity index (χ1v) is 13.6. The van der Waals surface area contributed by atoms with Crippen LogP contribution in [0.3, 0.4) is 0 Å². The Kier molecular flexibility index (Phi) is 5.83. The van der Waals surface area contributed by atoms with E-state index in [0.717, 1.165) is 47.2 Å². The molecule has 3 aliphatic carbocycles. The Bertz CT molecular complexity index is 1070. The molecular weight excluding hydrogens is 438 g/mol. The molecule has 5 rings (SSSR count). The van der Waals surface area contributed by atoms with Gasteiger partial charge in [0.15, 0.2) is 5.16 Å². The van der Waals surface area contributed by atoms with Gasteiger partial charge in [0.05, 0.1) is 11.3 Å². The van der Waals surface area contributed by atoms with Crippen LogP contribution in [0.25, 0.3) is 0 Å². The van der Waals surface area contributed by atoms with Gasteiger partial charge in [-0.25, -0.2) is 0 Å². The average molecular weight is 470 g/mol. The number of carbonyl (C=O) groups is 1. The van der Waals surface area contributed by atoms with Crippen LogP contribution in [0.4, 0.5) is 5.00 Å². The minimum atomic E-state index is -0.0751.